The van der Waals surface area contributed by atoms with Crippen molar-refractivity contribution in [3.05, 3.63) is 62.0 Å². The van der Waals surface area contributed by atoms with Crippen LogP contribution in [0.15, 0.2) is 40.5 Å². The number of thiophene rings is 1. The van der Waals surface area contributed by atoms with Crippen LogP contribution in [0.25, 0.3) is 10.2 Å². The molecule has 2 heterocycles. The van der Waals surface area contributed by atoms with Crippen LogP contribution in [0.2, 0.25) is 0 Å². The number of aromatic amines is 1. The second-order valence-corrected chi connectivity index (χ2v) is 6.68. The van der Waals surface area contributed by atoms with Crippen molar-refractivity contribution >= 4 is 33.8 Å². The van der Waals surface area contributed by atoms with Gasteiger partial charge < -0.3 is 4.98 Å². The Balaban J connectivity index is 2.00. The fourth-order valence-corrected chi connectivity index (χ4v) is 4.34. The predicted octanol–water partition coefficient (Wildman–Crippen LogP) is 4.05. The lowest BCUT2D eigenvalue weighted by Crippen LogP contribution is -2.29. The Hall–Kier alpha value is -1.72. The molecule has 2 aromatic heterocycles. The van der Waals surface area contributed by atoms with Crippen LogP contribution in [0.4, 0.5) is 0 Å². The molecule has 0 amide bonds. The lowest BCUT2D eigenvalue weighted by Gasteiger charge is -2.27. The molecule has 21 heavy (non-hydrogen) atoms. The number of H-pyrrole nitrogens is 1. The molecule has 0 radical (unpaired) electrons. The van der Waals surface area contributed by atoms with Gasteiger partial charge in [-0.15, -0.1) is 11.3 Å². The molecule has 5 heteroatoms. The predicted molar refractivity (Wildman–Crippen MR) is 88.8 cm³/mol. The van der Waals surface area contributed by atoms with E-state index in [0.29, 0.717) is 4.77 Å². The molecule has 0 saturated heterocycles. The summed E-state index contributed by atoms with van der Waals surface area (Å²) >= 11 is 6.93. The van der Waals surface area contributed by atoms with E-state index in [-0.39, 0.29) is 11.6 Å². The van der Waals surface area contributed by atoms with Crippen molar-refractivity contribution in [2.24, 2.45) is 0 Å². The summed E-state index contributed by atoms with van der Waals surface area (Å²) < 4.78 is 3.05. The molecule has 1 aliphatic carbocycles. The highest BCUT2D eigenvalue weighted by Gasteiger charge is 2.23. The Morgan fingerprint density at radius 2 is 2.14 bits per heavy atom. The molecule has 3 aromatic rings. The summed E-state index contributed by atoms with van der Waals surface area (Å²) in [5, 5.41) is 1.93. The number of nitrogens with zero attached hydrogens (tertiary/aromatic N) is 1. The van der Waals surface area contributed by atoms with E-state index in [0.717, 1.165) is 29.5 Å². The van der Waals surface area contributed by atoms with Gasteiger partial charge in [-0.05, 0) is 54.1 Å². The third-order valence-electron chi connectivity index (χ3n) is 4.19. The second-order valence-electron chi connectivity index (χ2n) is 5.38. The maximum absolute atomic E-state index is 12.8. The minimum absolute atomic E-state index is 0.0328. The zero-order valence-corrected chi connectivity index (χ0v) is 13.0. The number of aryl methyl sites for hydroxylation is 1. The van der Waals surface area contributed by atoms with E-state index in [4.69, 9.17) is 12.2 Å². The molecule has 0 saturated carbocycles. The first kappa shape index (κ1) is 13.0. The van der Waals surface area contributed by atoms with Gasteiger partial charge in [-0.2, -0.15) is 0 Å². The average Bonchev–Trinajstić information content (AvgIpc) is 2.96. The van der Waals surface area contributed by atoms with E-state index < -0.39 is 0 Å². The first-order valence-corrected chi connectivity index (χ1v) is 8.34. The Kier molecular flexibility index (Phi) is 3.05. The summed E-state index contributed by atoms with van der Waals surface area (Å²) in [4.78, 5) is 16.0. The van der Waals surface area contributed by atoms with Crippen molar-refractivity contribution in [1.29, 1.82) is 0 Å². The van der Waals surface area contributed by atoms with Crippen molar-refractivity contribution in [3.8, 4) is 0 Å². The lowest BCUT2D eigenvalue weighted by molar-refractivity contribution is 0.471. The maximum atomic E-state index is 12.8. The van der Waals surface area contributed by atoms with E-state index in [1.165, 1.54) is 22.5 Å². The van der Waals surface area contributed by atoms with Crippen molar-refractivity contribution in [2.75, 3.05) is 0 Å². The monoisotopic (exact) mass is 314 g/mol. The Bertz CT molecular complexity index is 935. The molecular formula is C16H14N2OS2. The number of nitrogens with one attached hydrogen (secondary N) is 1. The zero-order chi connectivity index (χ0) is 14.4. The summed E-state index contributed by atoms with van der Waals surface area (Å²) in [7, 11) is 0. The minimum atomic E-state index is 0.0328. The molecule has 106 valence electrons. The number of fused-ring (bicyclic) bond motifs is 2. The number of hydrogen-bond donors (Lipinski definition) is 1. The quantitative estimate of drug-likeness (QED) is 0.688. The van der Waals surface area contributed by atoms with Crippen molar-refractivity contribution < 1.29 is 0 Å². The SMILES string of the molecule is O=c1c2sccc2[nH]c(=S)n1C1CCCc2ccccc21. The normalized spacial score (nSPS) is 17.8. The first-order valence-electron chi connectivity index (χ1n) is 7.05. The fraction of sp³-hybridized carbons (Fsp3) is 0.250. The first-order chi connectivity index (χ1) is 10.3. The van der Waals surface area contributed by atoms with E-state index in [1.54, 1.807) is 4.57 Å². The van der Waals surface area contributed by atoms with Crippen LogP contribution in [0, 0.1) is 4.77 Å². The van der Waals surface area contributed by atoms with E-state index >= 15 is 0 Å². The summed E-state index contributed by atoms with van der Waals surface area (Å²) in [6, 6.07) is 10.3. The molecule has 0 aliphatic heterocycles. The van der Waals surface area contributed by atoms with Crippen LogP contribution in [-0.2, 0) is 6.42 Å². The highest BCUT2D eigenvalue weighted by atomic mass is 32.1. The van der Waals surface area contributed by atoms with Gasteiger partial charge in [0.1, 0.15) is 4.70 Å². The van der Waals surface area contributed by atoms with Gasteiger partial charge in [-0.1, -0.05) is 24.3 Å². The average molecular weight is 314 g/mol. The highest BCUT2D eigenvalue weighted by Crippen LogP contribution is 2.32. The standard InChI is InChI=1S/C16H14N2OS2/c19-15-14-12(8-9-21-14)17-16(20)18(15)13-7-3-5-10-4-1-2-6-11(10)13/h1-2,4,6,8-9,13H,3,5,7H2,(H,17,20). The molecule has 1 aliphatic rings. The third-order valence-corrected chi connectivity index (χ3v) is 5.39. The maximum Gasteiger partial charge on any atom is 0.272 e. The minimum Gasteiger partial charge on any atom is -0.331 e. The zero-order valence-electron chi connectivity index (χ0n) is 11.3. The Morgan fingerprint density at radius 1 is 1.29 bits per heavy atom. The summed E-state index contributed by atoms with van der Waals surface area (Å²) in [6.07, 6.45) is 3.13. The number of benzene rings is 1. The third kappa shape index (κ3) is 2.00. The molecule has 1 atom stereocenters. The molecule has 3 nitrogen and oxygen atoms in total. The van der Waals surface area contributed by atoms with Gasteiger partial charge in [0.15, 0.2) is 4.77 Å². The van der Waals surface area contributed by atoms with Crippen molar-refractivity contribution in [1.82, 2.24) is 9.55 Å². The van der Waals surface area contributed by atoms with Crippen LogP contribution >= 0.6 is 23.6 Å². The second kappa shape index (κ2) is 4.93. The van der Waals surface area contributed by atoms with Gasteiger partial charge in [0, 0.05) is 0 Å². The van der Waals surface area contributed by atoms with Gasteiger partial charge in [0.2, 0.25) is 0 Å². The van der Waals surface area contributed by atoms with Crippen LogP contribution in [0.1, 0.15) is 30.0 Å². The smallest absolute Gasteiger partial charge is 0.272 e. The molecular weight excluding hydrogens is 300 g/mol. The number of hydrogen-bond acceptors (Lipinski definition) is 3. The molecule has 0 bridgehead atoms. The number of aromatic nitrogens is 2. The molecule has 0 fully saturated rings. The van der Waals surface area contributed by atoms with Gasteiger partial charge in [0.05, 0.1) is 11.6 Å². The molecule has 1 N–H and O–H groups in total. The van der Waals surface area contributed by atoms with E-state index in [2.05, 4.69) is 23.2 Å². The molecule has 1 unspecified atom stereocenters. The highest BCUT2D eigenvalue weighted by molar-refractivity contribution is 7.71. The molecule has 1 aromatic carbocycles. The summed E-state index contributed by atoms with van der Waals surface area (Å²) in [5.74, 6) is 0. The number of rotatable bonds is 1. The molecule has 0 spiro atoms. The van der Waals surface area contributed by atoms with Crippen LogP contribution in [-0.4, -0.2) is 9.55 Å². The Morgan fingerprint density at radius 3 is 3.05 bits per heavy atom. The molecule has 4 rings (SSSR count). The summed E-state index contributed by atoms with van der Waals surface area (Å²) in [5.41, 5.74) is 3.45. The van der Waals surface area contributed by atoms with Gasteiger partial charge in [-0.25, -0.2) is 0 Å². The van der Waals surface area contributed by atoms with Gasteiger partial charge >= 0.3 is 0 Å². The van der Waals surface area contributed by atoms with E-state index in [1.807, 2.05) is 17.5 Å². The Labute approximate surface area is 130 Å². The topological polar surface area (TPSA) is 37.8 Å². The largest absolute Gasteiger partial charge is 0.331 e. The fourth-order valence-electron chi connectivity index (χ4n) is 3.23. The van der Waals surface area contributed by atoms with Crippen LogP contribution < -0.4 is 5.56 Å². The van der Waals surface area contributed by atoms with Crippen LogP contribution in [0.5, 0.6) is 0 Å². The van der Waals surface area contributed by atoms with Gasteiger partial charge in [-0.3, -0.25) is 9.36 Å². The van der Waals surface area contributed by atoms with Crippen molar-refractivity contribution in [3.63, 3.8) is 0 Å². The van der Waals surface area contributed by atoms with Crippen LogP contribution in [0.3, 0.4) is 0 Å². The van der Waals surface area contributed by atoms with Crippen molar-refractivity contribution in [2.45, 2.75) is 25.3 Å². The van der Waals surface area contributed by atoms with E-state index in [9.17, 15) is 4.79 Å². The lowest BCUT2D eigenvalue weighted by atomic mass is 9.87. The van der Waals surface area contributed by atoms with Gasteiger partial charge in [0.25, 0.3) is 5.56 Å². The summed E-state index contributed by atoms with van der Waals surface area (Å²) in [6.45, 7) is 0.